The van der Waals surface area contributed by atoms with Crippen molar-refractivity contribution in [2.45, 2.75) is 39.3 Å². The molecule has 0 aromatic heterocycles. The van der Waals surface area contributed by atoms with Gasteiger partial charge in [-0.25, -0.2) is 0 Å². The molecule has 1 aromatic rings. The minimum absolute atomic E-state index is 0.142. The lowest BCUT2D eigenvalue weighted by molar-refractivity contribution is -0.161. The lowest BCUT2D eigenvalue weighted by Gasteiger charge is -2.34. The number of carbonyl (C=O) groups excluding carboxylic acids is 2. The molecular formula is C19H29N3O3. The van der Waals surface area contributed by atoms with Crippen molar-refractivity contribution < 1.29 is 14.3 Å². The number of hydrogen-bond donors (Lipinski definition) is 1. The molecular weight excluding hydrogens is 318 g/mol. The van der Waals surface area contributed by atoms with Crippen molar-refractivity contribution in [2.75, 3.05) is 38.5 Å². The molecule has 1 saturated heterocycles. The molecule has 6 heteroatoms. The molecule has 1 aromatic carbocycles. The van der Waals surface area contributed by atoms with E-state index in [0.29, 0.717) is 18.7 Å². The van der Waals surface area contributed by atoms with Crippen molar-refractivity contribution in [1.82, 2.24) is 9.80 Å². The molecule has 1 atom stereocenters. The van der Waals surface area contributed by atoms with Crippen LogP contribution in [-0.4, -0.2) is 60.9 Å². The second-order valence-electron chi connectivity index (χ2n) is 6.78. The van der Waals surface area contributed by atoms with Crippen molar-refractivity contribution in [2.24, 2.45) is 0 Å². The zero-order valence-corrected chi connectivity index (χ0v) is 15.6. The normalized spacial score (nSPS) is 16.6. The first kappa shape index (κ1) is 19.2. The minimum atomic E-state index is -0.884. The molecule has 1 N–H and O–H groups in total. The van der Waals surface area contributed by atoms with E-state index in [1.165, 1.54) is 0 Å². The smallest absolute Gasteiger partial charge is 0.306 e. The van der Waals surface area contributed by atoms with Gasteiger partial charge in [0.15, 0.2) is 0 Å². The van der Waals surface area contributed by atoms with Crippen molar-refractivity contribution in [3.05, 3.63) is 29.8 Å². The molecule has 6 nitrogen and oxygen atoms in total. The number of rotatable bonds is 6. The standard InChI is InChI=1S/C19H29N3O3/c1-5-17(23)25-18(19(24)22-11-9-21(4)10-12-22)15-7-6-8-16(13-15)20-14(2)3/h6-8,13-14,18,20H,5,9-12H2,1-4H3. The van der Waals surface area contributed by atoms with Gasteiger partial charge in [-0.2, -0.15) is 0 Å². The van der Waals surface area contributed by atoms with E-state index in [4.69, 9.17) is 4.74 Å². The Hall–Kier alpha value is -2.08. The Bertz CT molecular complexity index is 595. The number of carbonyl (C=O) groups is 2. The molecule has 1 amide bonds. The van der Waals surface area contributed by atoms with Crippen LogP contribution in [0.25, 0.3) is 0 Å². The van der Waals surface area contributed by atoms with E-state index in [1.807, 2.05) is 31.3 Å². The highest BCUT2D eigenvalue weighted by Crippen LogP contribution is 2.25. The summed E-state index contributed by atoms with van der Waals surface area (Å²) in [6.45, 7) is 8.80. The van der Waals surface area contributed by atoms with Crippen molar-refractivity contribution >= 4 is 17.6 Å². The van der Waals surface area contributed by atoms with E-state index in [0.717, 1.165) is 18.8 Å². The fourth-order valence-corrected chi connectivity index (χ4v) is 2.79. The number of anilines is 1. The van der Waals surface area contributed by atoms with Crippen molar-refractivity contribution in [3.63, 3.8) is 0 Å². The first-order valence-corrected chi connectivity index (χ1v) is 8.94. The Morgan fingerprint density at radius 3 is 2.48 bits per heavy atom. The van der Waals surface area contributed by atoms with Crippen LogP contribution in [0.15, 0.2) is 24.3 Å². The summed E-state index contributed by atoms with van der Waals surface area (Å²) in [6, 6.07) is 7.83. The number of esters is 1. The summed E-state index contributed by atoms with van der Waals surface area (Å²) >= 11 is 0. The van der Waals surface area contributed by atoms with E-state index in [1.54, 1.807) is 11.8 Å². The maximum absolute atomic E-state index is 13.0. The van der Waals surface area contributed by atoms with Gasteiger partial charge in [0.05, 0.1) is 0 Å². The Labute approximate surface area is 150 Å². The molecule has 1 unspecified atom stereocenters. The highest BCUT2D eigenvalue weighted by molar-refractivity contribution is 5.85. The van der Waals surface area contributed by atoms with Gasteiger partial charge in [-0.1, -0.05) is 19.1 Å². The third-order valence-corrected chi connectivity index (χ3v) is 4.22. The monoisotopic (exact) mass is 347 g/mol. The van der Waals surface area contributed by atoms with Crippen molar-refractivity contribution in [3.8, 4) is 0 Å². The summed E-state index contributed by atoms with van der Waals surface area (Å²) in [5.41, 5.74) is 1.62. The van der Waals surface area contributed by atoms with Crippen LogP contribution >= 0.6 is 0 Å². The maximum atomic E-state index is 13.0. The van der Waals surface area contributed by atoms with Gasteiger partial charge < -0.3 is 19.9 Å². The van der Waals surface area contributed by atoms with Crippen molar-refractivity contribution in [1.29, 1.82) is 0 Å². The predicted molar refractivity (Wildman–Crippen MR) is 98.4 cm³/mol. The molecule has 138 valence electrons. The Kier molecular flexibility index (Phi) is 6.82. The van der Waals surface area contributed by atoms with Gasteiger partial charge in [0.2, 0.25) is 6.10 Å². The largest absolute Gasteiger partial charge is 0.447 e. The third kappa shape index (κ3) is 5.46. The molecule has 0 spiro atoms. The van der Waals surface area contributed by atoms with Crippen LogP contribution in [0.4, 0.5) is 5.69 Å². The SMILES string of the molecule is CCC(=O)OC(C(=O)N1CCN(C)CC1)c1cccc(NC(C)C)c1. The summed E-state index contributed by atoms with van der Waals surface area (Å²) in [6.07, 6.45) is -0.638. The summed E-state index contributed by atoms with van der Waals surface area (Å²) in [5, 5.41) is 3.32. The Morgan fingerprint density at radius 1 is 1.20 bits per heavy atom. The minimum Gasteiger partial charge on any atom is -0.447 e. The molecule has 1 fully saturated rings. The number of nitrogens with one attached hydrogen (secondary N) is 1. The van der Waals surface area contributed by atoms with E-state index in [-0.39, 0.29) is 24.3 Å². The average Bonchev–Trinajstić information content (AvgIpc) is 2.59. The number of likely N-dealkylation sites (N-methyl/N-ethyl adjacent to an activating group) is 1. The number of benzene rings is 1. The summed E-state index contributed by atoms with van der Waals surface area (Å²) < 4.78 is 5.52. The molecule has 0 saturated carbocycles. The molecule has 1 aliphatic heterocycles. The average molecular weight is 347 g/mol. The van der Waals surface area contributed by atoms with Crippen LogP contribution < -0.4 is 5.32 Å². The van der Waals surface area contributed by atoms with Gasteiger partial charge in [0.1, 0.15) is 0 Å². The van der Waals surface area contributed by atoms with Gasteiger partial charge in [-0.3, -0.25) is 9.59 Å². The first-order valence-electron chi connectivity index (χ1n) is 8.94. The number of nitrogens with zero attached hydrogens (tertiary/aromatic N) is 2. The quantitative estimate of drug-likeness (QED) is 0.800. The second-order valence-corrected chi connectivity index (χ2v) is 6.78. The van der Waals surface area contributed by atoms with Crippen LogP contribution in [0.5, 0.6) is 0 Å². The second kappa shape index (κ2) is 8.85. The molecule has 0 bridgehead atoms. The molecule has 0 radical (unpaired) electrons. The van der Waals surface area contributed by atoms with Gasteiger partial charge in [0, 0.05) is 49.9 Å². The van der Waals surface area contributed by atoms with Gasteiger partial charge in [0.25, 0.3) is 5.91 Å². The van der Waals surface area contributed by atoms with Crippen LogP contribution in [-0.2, 0) is 14.3 Å². The van der Waals surface area contributed by atoms with E-state index < -0.39 is 6.10 Å². The summed E-state index contributed by atoms with van der Waals surface area (Å²) in [5.74, 6) is -0.508. The predicted octanol–water partition coefficient (Wildman–Crippen LogP) is 2.28. The van der Waals surface area contributed by atoms with E-state index in [2.05, 4.69) is 24.1 Å². The lowest BCUT2D eigenvalue weighted by Crippen LogP contribution is -2.49. The lowest BCUT2D eigenvalue weighted by atomic mass is 10.1. The van der Waals surface area contributed by atoms with E-state index >= 15 is 0 Å². The topological polar surface area (TPSA) is 61.9 Å². The van der Waals surface area contributed by atoms with Crippen LogP contribution in [0.3, 0.4) is 0 Å². The fourth-order valence-electron chi connectivity index (χ4n) is 2.79. The zero-order chi connectivity index (χ0) is 18.4. The van der Waals surface area contributed by atoms with E-state index in [9.17, 15) is 9.59 Å². The number of ether oxygens (including phenoxy) is 1. The molecule has 0 aliphatic carbocycles. The molecule has 25 heavy (non-hydrogen) atoms. The maximum Gasteiger partial charge on any atom is 0.306 e. The van der Waals surface area contributed by atoms with Gasteiger partial charge >= 0.3 is 5.97 Å². The van der Waals surface area contributed by atoms with Gasteiger partial charge in [-0.05, 0) is 33.0 Å². The number of piperazine rings is 1. The van der Waals surface area contributed by atoms with Gasteiger partial charge in [-0.15, -0.1) is 0 Å². The van der Waals surface area contributed by atoms with Crippen LogP contribution in [0, 0.1) is 0 Å². The Morgan fingerprint density at radius 2 is 1.88 bits per heavy atom. The number of amides is 1. The summed E-state index contributed by atoms with van der Waals surface area (Å²) in [4.78, 5) is 28.9. The Balaban J connectivity index is 2.23. The van der Waals surface area contributed by atoms with Crippen LogP contribution in [0.1, 0.15) is 38.9 Å². The number of hydrogen-bond acceptors (Lipinski definition) is 5. The molecule has 2 rings (SSSR count). The highest BCUT2D eigenvalue weighted by atomic mass is 16.5. The highest BCUT2D eigenvalue weighted by Gasteiger charge is 2.30. The zero-order valence-electron chi connectivity index (χ0n) is 15.6. The third-order valence-electron chi connectivity index (χ3n) is 4.22. The fraction of sp³-hybridized carbons (Fsp3) is 0.579. The summed E-state index contributed by atoms with van der Waals surface area (Å²) in [7, 11) is 2.04. The molecule has 1 heterocycles. The molecule has 1 aliphatic rings. The first-order chi connectivity index (χ1) is 11.9. The van der Waals surface area contributed by atoms with Crippen LogP contribution in [0.2, 0.25) is 0 Å².